The van der Waals surface area contributed by atoms with Gasteiger partial charge in [0.1, 0.15) is 17.4 Å². The van der Waals surface area contributed by atoms with E-state index in [0.29, 0.717) is 12.2 Å². The average Bonchev–Trinajstić information content (AvgIpc) is 3.00. The van der Waals surface area contributed by atoms with Gasteiger partial charge in [-0.15, -0.1) is 0 Å². The number of furan rings is 1. The predicted molar refractivity (Wildman–Crippen MR) is 73.0 cm³/mol. The van der Waals surface area contributed by atoms with Crippen molar-refractivity contribution in [1.29, 1.82) is 0 Å². The van der Waals surface area contributed by atoms with Crippen molar-refractivity contribution in [2.45, 2.75) is 12.8 Å². The van der Waals surface area contributed by atoms with E-state index < -0.39 is 30.1 Å². The predicted octanol–water partition coefficient (Wildman–Crippen LogP) is 2.67. The zero-order valence-electron chi connectivity index (χ0n) is 11.5. The molecule has 0 atom stereocenters. The molecule has 2 aromatic rings. The summed E-state index contributed by atoms with van der Waals surface area (Å²) in [4.78, 5) is 23.0. The van der Waals surface area contributed by atoms with E-state index in [0.717, 1.165) is 18.2 Å². The molecular weight excluding hydrogens is 296 g/mol. The zero-order chi connectivity index (χ0) is 15.9. The van der Waals surface area contributed by atoms with Crippen LogP contribution in [0.4, 0.5) is 14.5 Å². The fraction of sp³-hybridized carbons (Fsp3) is 0.200. The number of hydrogen-bond donors (Lipinski definition) is 1. The molecule has 0 aliphatic rings. The van der Waals surface area contributed by atoms with Crippen molar-refractivity contribution in [2.24, 2.45) is 0 Å². The van der Waals surface area contributed by atoms with Crippen molar-refractivity contribution in [3.05, 3.63) is 54.0 Å². The summed E-state index contributed by atoms with van der Waals surface area (Å²) in [7, 11) is 0. The molecule has 0 radical (unpaired) electrons. The van der Waals surface area contributed by atoms with Crippen molar-refractivity contribution in [2.75, 3.05) is 11.9 Å². The van der Waals surface area contributed by atoms with Crippen molar-refractivity contribution in [3.63, 3.8) is 0 Å². The van der Waals surface area contributed by atoms with Gasteiger partial charge in [0.15, 0.2) is 6.61 Å². The van der Waals surface area contributed by atoms with Crippen LogP contribution in [0, 0.1) is 11.6 Å². The maximum absolute atomic E-state index is 13.3. The van der Waals surface area contributed by atoms with E-state index in [2.05, 4.69) is 5.32 Å². The van der Waals surface area contributed by atoms with Crippen LogP contribution in [-0.4, -0.2) is 18.5 Å². The van der Waals surface area contributed by atoms with Gasteiger partial charge in [0.25, 0.3) is 5.91 Å². The maximum Gasteiger partial charge on any atom is 0.306 e. The second-order valence-corrected chi connectivity index (χ2v) is 4.41. The third-order valence-corrected chi connectivity index (χ3v) is 2.72. The second-order valence-electron chi connectivity index (χ2n) is 4.41. The second kappa shape index (κ2) is 7.35. The van der Waals surface area contributed by atoms with E-state index >= 15 is 0 Å². The smallest absolute Gasteiger partial charge is 0.306 e. The van der Waals surface area contributed by atoms with Gasteiger partial charge in [-0.2, -0.15) is 0 Å². The molecule has 0 spiro atoms. The number of nitrogens with one attached hydrogen (secondary N) is 1. The summed E-state index contributed by atoms with van der Waals surface area (Å²) < 4.78 is 36.0. The van der Waals surface area contributed by atoms with Gasteiger partial charge in [-0.25, -0.2) is 8.78 Å². The Balaban J connectivity index is 1.75. The number of benzene rings is 1. The SMILES string of the molecule is O=C(COC(=O)CCc1ccco1)Nc1cc(F)ccc1F. The van der Waals surface area contributed by atoms with E-state index in [4.69, 9.17) is 9.15 Å². The van der Waals surface area contributed by atoms with Gasteiger partial charge in [-0.3, -0.25) is 9.59 Å². The van der Waals surface area contributed by atoms with Crippen LogP contribution < -0.4 is 5.32 Å². The molecule has 22 heavy (non-hydrogen) atoms. The van der Waals surface area contributed by atoms with Gasteiger partial charge in [-0.05, 0) is 24.3 Å². The third kappa shape index (κ3) is 4.69. The Bertz CT molecular complexity index is 656. The number of amides is 1. The van der Waals surface area contributed by atoms with Crippen LogP contribution in [0.2, 0.25) is 0 Å². The highest BCUT2D eigenvalue weighted by Crippen LogP contribution is 2.15. The maximum atomic E-state index is 13.3. The minimum atomic E-state index is -0.779. The van der Waals surface area contributed by atoms with Gasteiger partial charge in [0, 0.05) is 12.5 Å². The Labute approximate surface area is 124 Å². The van der Waals surface area contributed by atoms with Gasteiger partial charge in [-0.1, -0.05) is 0 Å². The van der Waals surface area contributed by atoms with Crippen LogP contribution in [0.3, 0.4) is 0 Å². The summed E-state index contributed by atoms with van der Waals surface area (Å²) in [5.41, 5.74) is -0.309. The first-order valence-corrected chi connectivity index (χ1v) is 6.47. The van der Waals surface area contributed by atoms with Crippen molar-refractivity contribution >= 4 is 17.6 Å². The van der Waals surface area contributed by atoms with Crippen LogP contribution >= 0.6 is 0 Å². The van der Waals surface area contributed by atoms with E-state index in [9.17, 15) is 18.4 Å². The highest BCUT2D eigenvalue weighted by molar-refractivity contribution is 5.92. The van der Waals surface area contributed by atoms with Crippen molar-refractivity contribution in [3.8, 4) is 0 Å². The molecule has 5 nitrogen and oxygen atoms in total. The molecule has 1 amide bonds. The first-order chi connectivity index (χ1) is 10.5. The lowest BCUT2D eigenvalue weighted by Gasteiger charge is -2.07. The summed E-state index contributed by atoms with van der Waals surface area (Å²) in [6.07, 6.45) is 1.89. The summed E-state index contributed by atoms with van der Waals surface area (Å²) in [5, 5.41) is 2.13. The number of carbonyl (C=O) groups excluding carboxylic acids is 2. The first-order valence-electron chi connectivity index (χ1n) is 6.47. The molecule has 0 aliphatic heterocycles. The lowest BCUT2D eigenvalue weighted by molar-refractivity contribution is -0.147. The number of ether oxygens (including phenoxy) is 1. The summed E-state index contributed by atoms with van der Waals surface area (Å²) in [5.74, 6) is -2.18. The molecule has 7 heteroatoms. The first kappa shape index (κ1) is 15.7. The van der Waals surface area contributed by atoms with E-state index in [1.807, 2.05) is 0 Å². The van der Waals surface area contributed by atoms with Crippen LogP contribution in [0.1, 0.15) is 12.2 Å². The molecule has 1 aromatic carbocycles. The molecule has 0 saturated carbocycles. The van der Waals surface area contributed by atoms with Gasteiger partial charge in [0.2, 0.25) is 0 Å². The molecule has 116 valence electrons. The standard InChI is InChI=1S/C15H13F2NO4/c16-10-3-5-12(17)13(8-10)18-14(19)9-22-15(20)6-4-11-2-1-7-21-11/h1-3,5,7-8H,4,6,9H2,(H,18,19). The van der Waals surface area contributed by atoms with Gasteiger partial charge >= 0.3 is 5.97 Å². The zero-order valence-corrected chi connectivity index (χ0v) is 11.5. The minimum absolute atomic E-state index is 0.0507. The number of carbonyl (C=O) groups is 2. The molecule has 0 aliphatic carbocycles. The van der Waals surface area contributed by atoms with E-state index in [-0.39, 0.29) is 12.1 Å². The molecule has 0 bridgehead atoms. The van der Waals surface area contributed by atoms with Crippen molar-refractivity contribution < 1.29 is 27.5 Å². The lowest BCUT2D eigenvalue weighted by atomic mass is 10.2. The molecule has 0 fully saturated rings. The minimum Gasteiger partial charge on any atom is -0.469 e. The molecule has 0 saturated heterocycles. The number of halogens is 2. The van der Waals surface area contributed by atoms with Crippen LogP contribution in [0.5, 0.6) is 0 Å². The van der Waals surface area contributed by atoms with E-state index in [1.54, 1.807) is 12.1 Å². The topological polar surface area (TPSA) is 68.5 Å². The number of hydrogen-bond acceptors (Lipinski definition) is 4. The van der Waals surface area contributed by atoms with Crippen LogP contribution in [0.15, 0.2) is 41.0 Å². The molecular formula is C15H13F2NO4. The largest absolute Gasteiger partial charge is 0.469 e. The highest BCUT2D eigenvalue weighted by atomic mass is 19.1. The Morgan fingerprint density at radius 2 is 2.05 bits per heavy atom. The summed E-state index contributed by atoms with van der Waals surface area (Å²) in [6, 6.07) is 6.07. The Kier molecular flexibility index (Phi) is 5.24. The molecule has 1 heterocycles. The molecule has 0 unspecified atom stereocenters. The monoisotopic (exact) mass is 309 g/mol. The normalized spacial score (nSPS) is 10.3. The van der Waals surface area contributed by atoms with E-state index in [1.165, 1.54) is 6.26 Å². The van der Waals surface area contributed by atoms with Gasteiger partial charge in [0.05, 0.1) is 18.4 Å². The Hall–Kier alpha value is -2.70. The molecule has 2 rings (SSSR count). The fourth-order valence-corrected chi connectivity index (χ4v) is 1.68. The fourth-order valence-electron chi connectivity index (χ4n) is 1.68. The average molecular weight is 309 g/mol. The number of anilines is 1. The Morgan fingerprint density at radius 1 is 1.23 bits per heavy atom. The Morgan fingerprint density at radius 3 is 2.77 bits per heavy atom. The van der Waals surface area contributed by atoms with Gasteiger partial charge < -0.3 is 14.5 Å². The van der Waals surface area contributed by atoms with Crippen molar-refractivity contribution in [1.82, 2.24) is 0 Å². The molecule has 1 aromatic heterocycles. The van der Waals surface area contributed by atoms with Crippen LogP contribution in [0.25, 0.3) is 0 Å². The quantitative estimate of drug-likeness (QED) is 0.833. The number of rotatable bonds is 6. The molecule has 1 N–H and O–H groups in total. The highest BCUT2D eigenvalue weighted by Gasteiger charge is 2.11. The summed E-state index contributed by atoms with van der Waals surface area (Å²) in [6.45, 7) is -0.576. The third-order valence-electron chi connectivity index (χ3n) is 2.72. The number of esters is 1. The van der Waals surface area contributed by atoms with Crippen LogP contribution in [-0.2, 0) is 20.7 Å². The summed E-state index contributed by atoms with van der Waals surface area (Å²) >= 11 is 0. The lowest BCUT2D eigenvalue weighted by Crippen LogP contribution is -2.21. The number of aryl methyl sites for hydroxylation is 1.